The summed E-state index contributed by atoms with van der Waals surface area (Å²) in [6.45, 7) is 7.09. The summed E-state index contributed by atoms with van der Waals surface area (Å²) in [4.78, 5) is 0. The predicted octanol–water partition coefficient (Wildman–Crippen LogP) is 2.10. The number of aliphatic hydroxyl groups excluding tert-OH is 1. The monoisotopic (exact) mass is 292 g/mol. The average Bonchev–Trinajstić information content (AvgIpc) is 2.24. The van der Waals surface area contributed by atoms with E-state index in [0.717, 1.165) is 0 Å². The molecule has 0 radical (unpaired) electrons. The molecule has 0 amide bonds. The lowest BCUT2D eigenvalue weighted by Crippen LogP contribution is -2.96. The number of halogens is 2. The Morgan fingerprint density at radius 1 is 1.33 bits per heavy atom. The number of nitrogens with two attached hydrogens (primary N) is 1. The molecule has 1 unspecified atom stereocenters. The van der Waals surface area contributed by atoms with E-state index in [2.05, 4.69) is 26.1 Å². The van der Waals surface area contributed by atoms with Gasteiger partial charge in [0.2, 0.25) is 0 Å². The molecule has 102 valence electrons. The van der Waals surface area contributed by atoms with E-state index < -0.39 is 6.10 Å². The Bertz CT molecular complexity index is 391. The lowest BCUT2D eigenvalue weighted by molar-refractivity contribution is -0.722. The minimum Gasteiger partial charge on any atom is -0.489 e. The van der Waals surface area contributed by atoms with E-state index in [4.69, 9.17) is 27.9 Å². The average molecular weight is 293 g/mol. The van der Waals surface area contributed by atoms with Crippen LogP contribution in [0.25, 0.3) is 0 Å². The maximum Gasteiger partial charge on any atom is 0.138 e. The van der Waals surface area contributed by atoms with Gasteiger partial charge in [-0.3, -0.25) is 0 Å². The number of hydrogen-bond acceptors (Lipinski definition) is 2. The zero-order valence-corrected chi connectivity index (χ0v) is 12.4. The van der Waals surface area contributed by atoms with Gasteiger partial charge in [0.1, 0.15) is 25.0 Å². The third kappa shape index (κ3) is 5.91. The van der Waals surface area contributed by atoms with E-state index >= 15 is 0 Å². The zero-order valence-electron chi connectivity index (χ0n) is 10.9. The Hall–Kier alpha value is -0.480. The molecule has 0 bridgehead atoms. The first-order valence-corrected chi connectivity index (χ1v) is 6.64. The van der Waals surface area contributed by atoms with Crippen LogP contribution in [-0.4, -0.2) is 29.9 Å². The van der Waals surface area contributed by atoms with Crippen LogP contribution in [0.1, 0.15) is 20.8 Å². The fourth-order valence-corrected chi connectivity index (χ4v) is 1.80. The molecule has 0 aliphatic rings. The second-order valence-electron chi connectivity index (χ2n) is 5.35. The molecular formula is C13H20Cl2NO2+. The minimum atomic E-state index is -0.532. The van der Waals surface area contributed by atoms with Crippen molar-refractivity contribution in [3.05, 3.63) is 28.2 Å². The van der Waals surface area contributed by atoms with Gasteiger partial charge in [0.05, 0.1) is 10.6 Å². The van der Waals surface area contributed by atoms with Gasteiger partial charge in [0.25, 0.3) is 0 Å². The van der Waals surface area contributed by atoms with Gasteiger partial charge in [-0.05, 0) is 39.0 Å². The van der Waals surface area contributed by atoms with Crippen molar-refractivity contribution in [1.29, 1.82) is 0 Å². The van der Waals surface area contributed by atoms with Crippen molar-refractivity contribution in [3.63, 3.8) is 0 Å². The third-order valence-corrected chi connectivity index (χ3v) is 2.86. The molecule has 0 saturated heterocycles. The van der Waals surface area contributed by atoms with Crippen molar-refractivity contribution in [3.8, 4) is 5.75 Å². The summed E-state index contributed by atoms with van der Waals surface area (Å²) in [6.07, 6.45) is -0.532. The number of benzene rings is 1. The van der Waals surface area contributed by atoms with Crippen molar-refractivity contribution in [1.82, 2.24) is 0 Å². The van der Waals surface area contributed by atoms with Gasteiger partial charge in [-0.1, -0.05) is 23.2 Å². The smallest absolute Gasteiger partial charge is 0.138 e. The summed E-state index contributed by atoms with van der Waals surface area (Å²) in [5, 5.41) is 12.9. The number of rotatable bonds is 5. The minimum absolute atomic E-state index is 0.0961. The molecule has 5 heteroatoms. The zero-order chi connectivity index (χ0) is 13.8. The lowest BCUT2D eigenvalue weighted by Gasteiger charge is -2.19. The van der Waals surface area contributed by atoms with Crippen LogP contribution in [0.3, 0.4) is 0 Å². The van der Waals surface area contributed by atoms with Gasteiger partial charge in [-0.2, -0.15) is 0 Å². The van der Waals surface area contributed by atoms with E-state index in [1.54, 1.807) is 18.2 Å². The maximum atomic E-state index is 9.79. The van der Waals surface area contributed by atoms with Gasteiger partial charge in [-0.25, -0.2) is 0 Å². The molecule has 0 heterocycles. The molecule has 3 nitrogen and oxygen atoms in total. The Labute approximate surface area is 118 Å². The first kappa shape index (κ1) is 15.6. The SMILES string of the molecule is CC(C)(C)[NH2+]CC(O)COc1ccc(Cl)cc1Cl. The molecule has 1 aromatic carbocycles. The molecule has 18 heavy (non-hydrogen) atoms. The van der Waals surface area contributed by atoms with Gasteiger partial charge in [0.15, 0.2) is 0 Å². The second-order valence-corrected chi connectivity index (χ2v) is 6.19. The van der Waals surface area contributed by atoms with Gasteiger partial charge >= 0.3 is 0 Å². The van der Waals surface area contributed by atoms with E-state index in [9.17, 15) is 5.11 Å². The maximum absolute atomic E-state index is 9.79. The highest BCUT2D eigenvalue weighted by Gasteiger charge is 2.16. The quantitative estimate of drug-likeness (QED) is 0.873. The van der Waals surface area contributed by atoms with Crippen molar-refractivity contribution >= 4 is 23.2 Å². The fraction of sp³-hybridized carbons (Fsp3) is 0.538. The number of aliphatic hydroxyl groups is 1. The third-order valence-electron chi connectivity index (χ3n) is 2.33. The van der Waals surface area contributed by atoms with Crippen molar-refractivity contribution < 1.29 is 15.2 Å². The summed E-state index contributed by atoms with van der Waals surface area (Å²) in [5.74, 6) is 0.538. The predicted molar refractivity (Wildman–Crippen MR) is 74.5 cm³/mol. The molecule has 0 spiro atoms. The van der Waals surface area contributed by atoms with Crippen molar-refractivity contribution in [2.45, 2.75) is 32.4 Å². The molecule has 0 aliphatic heterocycles. The van der Waals surface area contributed by atoms with Crippen LogP contribution in [0.15, 0.2) is 18.2 Å². The second kappa shape index (κ2) is 6.62. The summed E-state index contributed by atoms with van der Waals surface area (Å²) >= 11 is 11.7. The topological polar surface area (TPSA) is 46.1 Å². The summed E-state index contributed by atoms with van der Waals surface area (Å²) in [6, 6.07) is 5.02. The van der Waals surface area contributed by atoms with Gasteiger partial charge in [0, 0.05) is 5.02 Å². The molecule has 1 rings (SSSR count). The van der Waals surface area contributed by atoms with Crippen LogP contribution in [0, 0.1) is 0 Å². The Morgan fingerprint density at radius 3 is 2.56 bits per heavy atom. The molecule has 1 atom stereocenters. The largest absolute Gasteiger partial charge is 0.489 e. The fourth-order valence-electron chi connectivity index (χ4n) is 1.34. The van der Waals surface area contributed by atoms with Crippen LogP contribution in [-0.2, 0) is 0 Å². The molecule has 3 N–H and O–H groups in total. The lowest BCUT2D eigenvalue weighted by atomic mass is 10.1. The highest BCUT2D eigenvalue weighted by Crippen LogP contribution is 2.27. The summed E-state index contributed by atoms with van der Waals surface area (Å²) in [5.41, 5.74) is 0.0961. The molecule has 0 saturated carbocycles. The molecule has 0 aliphatic carbocycles. The van der Waals surface area contributed by atoms with Crippen molar-refractivity contribution in [2.24, 2.45) is 0 Å². The van der Waals surface area contributed by atoms with Gasteiger partial charge in [-0.15, -0.1) is 0 Å². The first-order valence-electron chi connectivity index (χ1n) is 5.88. The first-order chi connectivity index (χ1) is 8.28. The van der Waals surface area contributed by atoms with Crippen LogP contribution in [0.5, 0.6) is 5.75 Å². The van der Waals surface area contributed by atoms with Gasteiger partial charge < -0.3 is 15.2 Å². The van der Waals surface area contributed by atoms with E-state index in [1.807, 2.05) is 0 Å². The standard InChI is InChI=1S/C13H19Cl2NO2/c1-13(2,3)16-7-10(17)8-18-12-5-4-9(14)6-11(12)15/h4-6,10,16-17H,7-8H2,1-3H3/p+1. The van der Waals surface area contributed by atoms with Crippen molar-refractivity contribution in [2.75, 3.05) is 13.2 Å². The summed E-state index contributed by atoms with van der Waals surface area (Å²) in [7, 11) is 0. The van der Waals surface area contributed by atoms with E-state index in [0.29, 0.717) is 22.3 Å². The van der Waals surface area contributed by atoms with Crippen LogP contribution >= 0.6 is 23.2 Å². The van der Waals surface area contributed by atoms with Crippen LogP contribution in [0.2, 0.25) is 10.0 Å². The molecule has 0 fully saturated rings. The summed E-state index contributed by atoms with van der Waals surface area (Å²) < 4.78 is 5.46. The number of quaternary nitrogens is 1. The Kier molecular flexibility index (Phi) is 5.73. The Balaban J connectivity index is 2.40. The molecular weight excluding hydrogens is 273 g/mol. The highest BCUT2D eigenvalue weighted by atomic mass is 35.5. The van der Waals surface area contributed by atoms with E-state index in [1.165, 1.54) is 0 Å². The van der Waals surface area contributed by atoms with Crippen LogP contribution in [0.4, 0.5) is 0 Å². The normalized spacial score (nSPS) is 13.4. The molecule has 0 aromatic heterocycles. The Morgan fingerprint density at radius 2 is 2.00 bits per heavy atom. The van der Waals surface area contributed by atoms with Crippen LogP contribution < -0.4 is 10.1 Å². The van der Waals surface area contributed by atoms with E-state index in [-0.39, 0.29) is 12.1 Å². The number of ether oxygens (including phenoxy) is 1. The highest BCUT2D eigenvalue weighted by molar-refractivity contribution is 6.35. The molecule has 1 aromatic rings. The number of hydrogen-bond donors (Lipinski definition) is 2.